The van der Waals surface area contributed by atoms with E-state index in [1.807, 2.05) is 36.4 Å². The van der Waals surface area contributed by atoms with E-state index >= 15 is 0 Å². The van der Waals surface area contributed by atoms with Crippen molar-refractivity contribution in [3.8, 4) is 29.0 Å². The van der Waals surface area contributed by atoms with Crippen LogP contribution < -0.4 is 15.2 Å². The van der Waals surface area contributed by atoms with Crippen LogP contribution in [-0.4, -0.2) is 16.8 Å². The molecule has 3 aromatic rings. The van der Waals surface area contributed by atoms with Gasteiger partial charge in [-0.25, -0.2) is 0 Å². The largest absolute Gasteiger partial charge is 0.494 e. The van der Waals surface area contributed by atoms with Crippen LogP contribution >= 0.6 is 11.6 Å². The van der Waals surface area contributed by atoms with E-state index in [2.05, 4.69) is 23.2 Å². The van der Waals surface area contributed by atoms with Crippen molar-refractivity contribution in [1.29, 1.82) is 5.26 Å². The van der Waals surface area contributed by atoms with Crippen LogP contribution in [0.4, 0.5) is 0 Å². The number of allylic oxidation sites excluding steroid dienone is 1. The zero-order valence-corrected chi connectivity index (χ0v) is 16.5. The van der Waals surface area contributed by atoms with Gasteiger partial charge in [0.25, 0.3) is 0 Å². The molecule has 0 aliphatic carbocycles. The fourth-order valence-corrected chi connectivity index (χ4v) is 3.52. The maximum atomic E-state index is 9.75. The number of aromatic nitrogens is 2. The van der Waals surface area contributed by atoms with Crippen molar-refractivity contribution >= 4 is 11.6 Å². The predicted molar refractivity (Wildman–Crippen MR) is 111 cm³/mol. The summed E-state index contributed by atoms with van der Waals surface area (Å²) in [4.78, 5) is 0. The molecule has 0 bridgehead atoms. The number of hydrogen-bond donors (Lipinski definition) is 2. The molecule has 4 rings (SSSR count). The molecule has 0 saturated heterocycles. The van der Waals surface area contributed by atoms with E-state index in [-0.39, 0.29) is 5.88 Å². The molecule has 0 unspecified atom stereocenters. The summed E-state index contributed by atoms with van der Waals surface area (Å²) in [6.07, 6.45) is 0.945. The van der Waals surface area contributed by atoms with E-state index < -0.39 is 5.92 Å². The number of benzene rings is 2. The molecular formula is C22H19ClN4O2. The Morgan fingerprint density at radius 2 is 1.93 bits per heavy atom. The Bertz CT molecular complexity index is 1100. The molecule has 0 radical (unpaired) electrons. The molecule has 0 saturated carbocycles. The van der Waals surface area contributed by atoms with Crippen LogP contribution in [0.15, 0.2) is 60.0 Å². The second kappa shape index (κ2) is 7.90. The number of aromatic amines is 1. The SMILES string of the molecule is CCCOc1ccc(-c2[nH]nc3c2[C@@H](c2ccc(Cl)cc2)C(C#N)=C(N)O3)cc1. The van der Waals surface area contributed by atoms with Gasteiger partial charge in [0.05, 0.1) is 23.8 Å². The van der Waals surface area contributed by atoms with E-state index in [0.717, 1.165) is 34.6 Å². The van der Waals surface area contributed by atoms with Gasteiger partial charge in [0.1, 0.15) is 17.4 Å². The number of halogens is 1. The molecule has 0 fully saturated rings. The first-order chi connectivity index (χ1) is 14.1. The zero-order valence-electron chi connectivity index (χ0n) is 15.8. The molecule has 0 amide bonds. The van der Waals surface area contributed by atoms with E-state index in [4.69, 9.17) is 26.8 Å². The molecule has 29 heavy (non-hydrogen) atoms. The lowest BCUT2D eigenvalue weighted by Crippen LogP contribution is -2.20. The maximum absolute atomic E-state index is 9.75. The topological polar surface area (TPSA) is 97.0 Å². The van der Waals surface area contributed by atoms with Crippen LogP contribution in [0.5, 0.6) is 11.6 Å². The highest BCUT2D eigenvalue weighted by Crippen LogP contribution is 2.45. The Morgan fingerprint density at radius 1 is 1.21 bits per heavy atom. The number of H-pyrrole nitrogens is 1. The predicted octanol–water partition coefficient (Wildman–Crippen LogP) is 4.74. The van der Waals surface area contributed by atoms with Crippen molar-refractivity contribution < 1.29 is 9.47 Å². The molecule has 2 heterocycles. The highest BCUT2D eigenvalue weighted by molar-refractivity contribution is 6.30. The van der Waals surface area contributed by atoms with Crippen LogP contribution in [0.25, 0.3) is 11.3 Å². The molecule has 6 nitrogen and oxygen atoms in total. The molecule has 0 spiro atoms. The summed E-state index contributed by atoms with van der Waals surface area (Å²) >= 11 is 6.05. The zero-order chi connectivity index (χ0) is 20.4. The van der Waals surface area contributed by atoms with Crippen molar-refractivity contribution in [2.45, 2.75) is 19.3 Å². The van der Waals surface area contributed by atoms with Crippen molar-refractivity contribution in [3.63, 3.8) is 0 Å². The Kier molecular flexibility index (Phi) is 5.15. The summed E-state index contributed by atoms with van der Waals surface area (Å²) < 4.78 is 11.3. The van der Waals surface area contributed by atoms with E-state index in [1.165, 1.54) is 0 Å². The van der Waals surface area contributed by atoms with Crippen molar-refractivity contribution in [2.75, 3.05) is 6.61 Å². The van der Waals surface area contributed by atoms with Gasteiger partial charge in [-0.3, -0.25) is 5.10 Å². The van der Waals surface area contributed by atoms with Crippen LogP contribution in [0, 0.1) is 11.3 Å². The number of nitrogens with zero attached hydrogens (tertiary/aromatic N) is 2. The number of nitrogens with two attached hydrogens (primary N) is 1. The number of ether oxygens (including phenoxy) is 2. The fraction of sp³-hybridized carbons (Fsp3) is 0.182. The molecular weight excluding hydrogens is 388 g/mol. The minimum absolute atomic E-state index is 0.0568. The summed E-state index contributed by atoms with van der Waals surface area (Å²) in [5.41, 5.74) is 9.67. The van der Waals surface area contributed by atoms with Gasteiger partial charge in [-0.05, 0) is 48.4 Å². The summed E-state index contributed by atoms with van der Waals surface area (Å²) in [6, 6.07) is 17.3. The van der Waals surface area contributed by atoms with Gasteiger partial charge in [0, 0.05) is 10.6 Å². The summed E-state index contributed by atoms with van der Waals surface area (Å²) in [6.45, 7) is 2.73. The van der Waals surface area contributed by atoms with Crippen molar-refractivity contribution in [3.05, 3.63) is 76.1 Å². The van der Waals surface area contributed by atoms with E-state index in [9.17, 15) is 5.26 Å². The summed E-state index contributed by atoms with van der Waals surface area (Å²) in [7, 11) is 0. The number of nitriles is 1. The Labute approximate surface area is 173 Å². The maximum Gasteiger partial charge on any atom is 0.244 e. The van der Waals surface area contributed by atoms with Gasteiger partial charge >= 0.3 is 0 Å². The average Bonchev–Trinajstić information content (AvgIpc) is 3.15. The third-order valence-electron chi connectivity index (χ3n) is 4.76. The van der Waals surface area contributed by atoms with Crippen LogP contribution in [0.3, 0.4) is 0 Å². The van der Waals surface area contributed by atoms with Crippen LogP contribution in [0.1, 0.15) is 30.4 Å². The lowest BCUT2D eigenvalue weighted by atomic mass is 9.83. The van der Waals surface area contributed by atoms with Crippen LogP contribution in [-0.2, 0) is 0 Å². The normalized spacial score (nSPS) is 15.4. The molecule has 1 atom stereocenters. The third kappa shape index (κ3) is 3.53. The molecule has 1 aliphatic heterocycles. The van der Waals surface area contributed by atoms with Gasteiger partial charge in [0.2, 0.25) is 11.8 Å². The van der Waals surface area contributed by atoms with Gasteiger partial charge < -0.3 is 15.2 Å². The Balaban J connectivity index is 1.80. The lowest BCUT2D eigenvalue weighted by Gasteiger charge is -2.24. The summed E-state index contributed by atoms with van der Waals surface area (Å²) in [5, 5.41) is 17.7. The number of hydrogen-bond acceptors (Lipinski definition) is 5. The third-order valence-corrected chi connectivity index (χ3v) is 5.01. The fourth-order valence-electron chi connectivity index (χ4n) is 3.39. The highest BCUT2D eigenvalue weighted by atomic mass is 35.5. The molecule has 7 heteroatoms. The minimum atomic E-state index is -0.411. The van der Waals surface area contributed by atoms with Crippen molar-refractivity contribution in [1.82, 2.24) is 10.2 Å². The van der Waals surface area contributed by atoms with Gasteiger partial charge in [-0.15, -0.1) is 5.10 Å². The smallest absolute Gasteiger partial charge is 0.244 e. The molecule has 1 aromatic heterocycles. The van der Waals surface area contributed by atoms with Crippen LogP contribution in [0.2, 0.25) is 5.02 Å². The molecule has 1 aliphatic rings. The van der Waals surface area contributed by atoms with Gasteiger partial charge in [-0.2, -0.15) is 5.26 Å². The van der Waals surface area contributed by atoms with Gasteiger partial charge in [0.15, 0.2) is 0 Å². The minimum Gasteiger partial charge on any atom is -0.494 e. The first-order valence-electron chi connectivity index (χ1n) is 9.27. The Morgan fingerprint density at radius 3 is 2.59 bits per heavy atom. The highest BCUT2D eigenvalue weighted by Gasteiger charge is 2.35. The lowest BCUT2D eigenvalue weighted by molar-refractivity contribution is 0.317. The van der Waals surface area contributed by atoms with Crippen molar-refractivity contribution in [2.24, 2.45) is 5.73 Å². The molecule has 2 aromatic carbocycles. The standard InChI is InChI=1S/C22H19ClN4O2/c1-2-11-28-16-9-5-14(6-10-16)20-19-18(13-3-7-15(23)8-4-13)17(12-24)21(25)29-22(19)27-26-20/h3-10,18H,2,11,25H2,1H3,(H,26,27)/t18-/m0/s1. The van der Waals surface area contributed by atoms with E-state index in [0.29, 0.717) is 23.1 Å². The molecule has 3 N–H and O–H groups in total. The second-order valence-corrected chi connectivity index (χ2v) is 7.10. The van der Waals surface area contributed by atoms with Gasteiger partial charge in [-0.1, -0.05) is 30.7 Å². The average molecular weight is 407 g/mol. The Hall–Kier alpha value is -3.43. The summed E-state index contributed by atoms with van der Waals surface area (Å²) in [5.74, 6) is 0.811. The first-order valence-corrected chi connectivity index (χ1v) is 9.64. The number of fused-ring (bicyclic) bond motifs is 1. The first kappa shape index (κ1) is 18.9. The monoisotopic (exact) mass is 406 g/mol. The second-order valence-electron chi connectivity index (χ2n) is 6.67. The van der Waals surface area contributed by atoms with E-state index in [1.54, 1.807) is 12.1 Å². The number of nitrogens with one attached hydrogen (secondary N) is 1. The number of rotatable bonds is 5. The quantitative estimate of drug-likeness (QED) is 0.638. The molecule has 146 valence electrons.